The third-order valence-electron chi connectivity index (χ3n) is 3.03. The fourth-order valence-corrected chi connectivity index (χ4v) is 2.04. The van der Waals surface area contributed by atoms with Crippen LogP contribution in [0.4, 0.5) is 0 Å². The van der Waals surface area contributed by atoms with Crippen molar-refractivity contribution in [1.29, 1.82) is 0 Å². The zero-order chi connectivity index (χ0) is 17.4. The van der Waals surface area contributed by atoms with Gasteiger partial charge in [0, 0.05) is 5.56 Å². The summed E-state index contributed by atoms with van der Waals surface area (Å²) in [5.74, 6) is 1.30. The van der Waals surface area contributed by atoms with Crippen molar-refractivity contribution >= 4 is 23.7 Å². The maximum atomic E-state index is 11.7. The first-order valence-electron chi connectivity index (χ1n) is 7.05. The summed E-state index contributed by atoms with van der Waals surface area (Å²) in [5.41, 5.74) is 3.05. The first-order chi connectivity index (χ1) is 11.6. The summed E-state index contributed by atoms with van der Waals surface area (Å²) in [6, 6.07) is 12.2. The maximum absolute atomic E-state index is 11.7. The third kappa shape index (κ3) is 4.89. The van der Waals surface area contributed by atoms with E-state index in [1.165, 1.54) is 6.21 Å². The van der Waals surface area contributed by atoms with Crippen LogP contribution in [-0.2, 0) is 4.79 Å². The molecule has 0 radical (unpaired) electrons. The lowest BCUT2D eigenvalue weighted by atomic mass is 10.2. The van der Waals surface area contributed by atoms with Crippen molar-refractivity contribution in [2.75, 3.05) is 20.8 Å². The molecule has 2 rings (SSSR count). The molecule has 1 N–H and O–H groups in total. The molecule has 0 aromatic heterocycles. The highest BCUT2D eigenvalue weighted by atomic mass is 35.5. The maximum Gasteiger partial charge on any atom is 0.277 e. The van der Waals surface area contributed by atoms with Gasteiger partial charge in [-0.05, 0) is 30.3 Å². The second-order valence-electron chi connectivity index (χ2n) is 4.62. The topological polar surface area (TPSA) is 69.2 Å². The van der Waals surface area contributed by atoms with Crippen molar-refractivity contribution in [2.24, 2.45) is 5.10 Å². The summed E-state index contributed by atoms with van der Waals surface area (Å²) in [6.45, 7) is -0.198. The standard InChI is InChI=1S/C17H17ClN2O4/c1-22-13-7-8-15(23-2)12(9-13)10-19-20-17(21)11-24-16-6-4-3-5-14(16)18/h3-10H,11H2,1-2H3,(H,20,21). The Hall–Kier alpha value is -2.73. The number of hydrogen-bond donors (Lipinski definition) is 1. The van der Waals surface area contributed by atoms with Crippen LogP contribution in [0.5, 0.6) is 17.2 Å². The van der Waals surface area contributed by atoms with Crippen molar-refractivity contribution in [2.45, 2.75) is 0 Å². The molecule has 0 heterocycles. The molecule has 0 saturated carbocycles. The van der Waals surface area contributed by atoms with Crippen LogP contribution >= 0.6 is 11.6 Å². The Morgan fingerprint density at radius 3 is 2.67 bits per heavy atom. The third-order valence-corrected chi connectivity index (χ3v) is 3.34. The van der Waals surface area contributed by atoms with E-state index in [9.17, 15) is 4.79 Å². The fraction of sp³-hybridized carbons (Fsp3) is 0.176. The smallest absolute Gasteiger partial charge is 0.277 e. The van der Waals surface area contributed by atoms with E-state index in [1.807, 2.05) is 0 Å². The Labute approximate surface area is 145 Å². The van der Waals surface area contributed by atoms with E-state index in [0.717, 1.165) is 0 Å². The zero-order valence-corrected chi connectivity index (χ0v) is 14.0. The van der Waals surface area contributed by atoms with Crippen LogP contribution < -0.4 is 19.6 Å². The van der Waals surface area contributed by atoms with Crippen LogP contribution in [-0.4, -0.2) is 32.9 Å². The van der Waals surface area contributed by atoms with Crippen LogP contribution in [0.3, 0.4) is 0 Å². The number of amides is 1. The zero-order valence-electron chi connectivity index (χ0n) is 13.3. The number of rotatable bonds is 7. The molecular formula is C17H17ClN2O4. The number of carbonyl (C=O) groups is 1. The molecule has 1 amide bonds. The average Bonchev–Trinajstić information content (AvgIpc) is 2.61. The minimum atomic E-state index is -0.409. The highest BCUT2D eigenvalue weighted by molar-refractivity contribution is 6.32. The Kier molecular flexibility index (Phi) is 6.45. The minimum absolute atomic E-state index is 0.198. The largest absolute Gasteiger partial charge is 0.497 e. The molecule has 6 nitrogen and oxygen atoms in total. The van der Waals surface area contributed by atoms with Gasteiger partial charge in [-0.1, -0.05) is 23.7 Å². The SMILES string of the molecule is COc1ccc(OC)c(C=NNC(=O)COc2ccccc2Cl)c1. The summed E-state index contributed by atoms with van der Waals surface area (Å²) >= 11 is 5.94. The van der Waals surface area contributed by atoms with E-state index in [2.05, 4.69) is 10.5 Å². The van der Waals surface area contributed by atoms with Gasteiger partial charge in [-0.3, -0.25) is 4.79 Å². The van der Waals surface area contributed by atoms with Gasteiger partial charge in [0.25, 0.3) is 5.91 Å². The first kappa shape index (κ1) is 17.6. The van der Waals surface area contributed by atoms with Crippen molar-refractivity contribution in [3.63, 3.8) is 0 Å². The molecule has 0 bridgehead atoms. The number of ether oxygens (including phenoxy) is 3. The van der Waals surface area contributed by atoms with Crippen molar-refractivity contribution in [1.82, 2.24) is 5.43 Å². The molecule has 126 valence electrons. The van der Waals surface area contributed by atoms with E-state index in [0.29, 0.717) is 27.8 Å². The molecule has 0 atom stereocenters. The Balaban J connectivity index is 1.91. The molecule has 0 aliphatic rings. The number of benzene rings is 2. The van der Waals surface area contributed by atoms with Gasteiger partial charge in [-0.2, -0.15) is 5.10 Å². The molecule has 0 saturated heterocycles. The molecule has 0 aliphatic heterocycles. The van der Waals surface area contributed by atoms with E-state index in [4.69, 9.17) is 25.8 Å². The average molecular weight is 349 g/mol. The van der Waals surface area contributed by atoms with Crippen molar-refractivity contribution in [3.05, 3.63) is 53.1 Å². The summed E-state index contributed by atoms with van der Waals surface area (Å²) in [6.07, 6.45) is 1.47. The van der Waals surface area contributed by atoms with Gasteiger partial charge >= 0.3 is 0 Å². The van der Waals surface area contributed by atoms with Crippen LogP contribution in [0, 0.1) is 0 Å². The van der Waals surface area contributed by atoms with Gasteiger partial charge in [-0.15, -0.1) is 0 Å². The summed E-state index contributed by atoms with van der Waals surface area (Å²) in [5, 5.41) is 4.33. The van der Waals surface area contributed by atoms with E-state index in [1.54, 1.807) is 56.7 Å². The number of halogens is 1. The lowest BCUT2D eigenvalue weighted by Gasteiger charge is -2.07. The van der Waals surface area contributed by atoms with E-state index < -0.39 is 5.91 Å². The number of nitrogens with zero attached hydrogens (tertiary/aromatic N) is 1. The molecule has 7 heteroatoms. The van der Waals surface area contributed by atoms with Gasteiger partial charge < -0.3 is 14.2 Å². The lowest BCUT2D eigenvalue weighted by Crippen LogP contribution is -2.24. The monoisotopic (exact) mass is 348 g/mol. The van der Waals surface area contributed by atoms with Crippen molar-refractivity contribution in [3.8, 4) is 17.2 Å². The van der Waals surface area contributed by atoms with E-state index in [-0.39, 0.29) is 6.61 Å². The normalized spacial score (nSPS) is 10.5. The summed E-state index contributed by atoms with van der Waals surface area (Å²) < 4.78 is 15.7. The molecule has 2 aromatic rings. The molecule has 0 spiro atoms. The molecular weight excluding hydrogens is 332 g/mol. The Morgan fingerprint density at radius 1 is 1.17 bits per heavy atom. The van der Waals surface area contributed by atoms with Crippen LogP contribution in [0.1, 0.15) is 5.56 Å². The van der Waals surface area contributed by atoms with Crippen molar-refractivity contribution < 1.29 is 19.0 Å². The highest BCUT2D eigenvalue weighted by Gasteiger charge is 2.05. The van der Waals surface area contributed by atoms with Gasteiger partial charge in [-0.25, -0.2) is 5.43 Å². The molecule has 2 aromatic carbocycles. The predicted octanol–water partition coefficient (Wildman–Crippen LogP) is 2.89. The fourth-order valence-electron chi connectivity index (χ4n) is 1.85. The van der Waals surface area contributed by atoms with Gasteiger partial charge in [0.05, 0.1) is 25.5 Å². The summed E-state index contributed by atoms with van der Waals surface area (Å²) in [7, 11) is 3.12. The Morgan fingerprint density at radius 2 is 1.96 bits per heavy atom. The molecule has 24 heavy (non-hydrogen) atoms. The number of hydrogen-bond acceptors (Lipinski definition) is 5. The minimum Gasteiger partial charge on any atom is -0.497 e. The highest BCUT2D eigenvalue weighted by Crippen LogP contribution is 2.23. The lowest BCUT2D eigenvalue weighted by molar-refractivity contribution is -0.123. The van der Waals surface area contributed by atoms with Crippen LogP contribution in [0.2, 0.25) is 5.02 Å². The van der Waals surface area contributed by atoms with Gasteiger partial charge in [0.1, 0.15) is 17.2 Å². The number of hydrazone groups is 1. The van der Waals surface area contributed by atoms with Gasteiger partial charge in [0.2, 0.25) is 0 Å². The summed E-state index contributed by atoms with van der Waals surface area (Å²) in [4.78, 5) is 11.7. The number of carbonyl (C=O) groups excluding carboxylic acids is 1. The molecule has 0 unspecified atom stereocenters. The second kappa shape index (κ2) is 8.79. The van der Waals surface area contributed by atoms with Gasteiger partial charge in [0.15, 0.2) is 6.61 Å². The quantitative estimate of drug-likeness (QED) is 0.617. The Bertz CT molecular complexity index is 734. The van der Waals surface area contributed by atoms with Crippen LogP contribution in [0.25, 0.3) is 0 Å². The number of para-hydroxylation sites is 1. The number of methoxy groups -OCH3 is 2. The molecule has 0 fully saturated rings. The van der Waals surface area contributed by atoms with Crippen LogP contribution in [0.15, 0.2) is 47.6 Å². The second-order valence-corrected chi connectivity index (χ2v) is 5.03. The van der Waals surface area contributed by atoms with E-state index >= 15 is 0 Å². The first-order valence-corrected chi connectivity index (χ1v) is 7.43. The molecule has 0 aliphatic carbocycles. The predicted molar refractivity (Wildman–Crippen MR) is 92.2 cm³/mol. The number of nitrogens with one attached hydrogen (secondary N) is 1.